The lowest BCUT2D eigenvalue weighted by Gasteiger charge is -2.09. The van der Waals surface area contributed by atoms with Crippen molar-refractivity contribution in [3.05, 3.63) is 41.7 Å². The van der Waals surface area contributed by atoms with Crippen LogP contribution < -0.4 is 9.46 Å². The quantitative estimate of drug-likeness (QED) is 0.844. The summed E-state index contributed by atoms with van der Waals surface area (Å²) in [6.07, 6.45) is 0. The Balaban J connectivity index is 1.97. The summed E-state index contributed by atoms with van der Waals surface area (Å²) in [6.45, 7) is 7.07. The lowest BCUT2D eigenvalue weighted by atomic mass is 10.3. The average molecular weight is 323 g/mol. The SMILES string of the molecule is CCOc1ccc(S(=O)(=O)NCCn2nc(C)cc2C)cc1. The molecule has 0 fully saturated rings. The third-order valence-corrected chi connectivity index (χ3v) is 4.64. The number of ether oxygens (including phenoxy) is 1. The smallest absolute Gasteiger partial charge is 0.240 e. The molecule has 1 heterocycles. The van der Waals surface area contributed by atoms with Crippen molar-refractivity contribution in [1.29, 1.82) is 0 Å². The van der Waals surface area contributed by atoms with Gasteiger partial charge in [0.05, 0.1) is 23.7 Å². The second kappa shape index (κ2) is 6.93. The van der Waals surface area contributed by atoms with Gasteiger partial charge in [0.1, 0.15) is 5.75 Å². The van der Waals surface area contributed by atoms with Crippen LogP contribution in [0.4, 0.5) is 0 Å². The lowest BCUT2D eigenvalue weighted by molar-refractivity contribution is 0.340. The van der Waals surface area contributed by atoms with Gasteiger partial charge < -0.3 is 4.74 Å². The number of aromatic nitrogens is 2. The maximum atomic E-state index is 12.2. The van der Waals surface area contributed by atoms with E-state index in [0.29, 0.717) is 18.9 Å². The van der Waals surface area contributed by atoms with Gasteiger partial charge in [-0.25, -0.2) is 13.1 Å². The van der Waals surface area contributed by atoms with Crippen LogP contribution in [0.1, 0.15) is 18.3 Å². The zero-order chi connectivity index (χ0) is 16.2. The van der Waals surface area contributed by atoms with Crippen molar-refractivity contribution in [2.45, 2.75) is 32.2 Å². The normalized spacial score (nSPS) is 11.6. The van der Waals surface area contributed by atoms with Gasteiger partial charge in [-0.2, -0.15) is 5.10 Å². The second-order valence-electron chi connectivity index (χ2n) is 4.95. The molecule has 0 saturated carbocycles. The van der Waals surface area contributed by atoms with Gasteiger partial charge in [-0.05, 0) is 51.1 Å². The minimum absolute atomic E-state index is 0.226. The van der Waals surface area contributed by atoms with Crippen LogP contribution in [0.15, 0.2) is 35.2 Å². The topological polar surface area (TPSA) is 73.2 Å². The summed E-state index contributed by atoms with van der Waals surface area (Å²) >= 11 is 0. The fourth-order valence-electron chi connectivity index (χ4n) is 2.15. The molecule has 0 amide bonds. The highest BCUT2D eigenvalue weighted by Crippen LogP contribution is 2.15. The molecule has 6 nitrogen and oxygen atoms in total. The van der Waals surface area contributed by atoms with Gasteiger partial charge >= 0.3 is 0 Å². The van der Waals surface area contributed by atoms with Crippen LogP contribution >= 0.6 is 0 Å². The van der Waals surface area contributed by atoms with E-state index in [1.54, 1.807) is 16.8 Å². The summed E-state index contributed by atoms with van der Waals surface area (Å²) in [4.78, 5) is 0.226. The summed E-state index contributed by atoms with van der Waals surface area (Å²) in [6, 6.07) is 8.34. The van der Waals surface area contributed by atoms with Crippen molar-refractivity contribution in [3.63, 3.8) is 0 Å². The highest BCUT2D eigenvalue weighted by Gasteiger charge is 2.13. The Morgan fingerprint density at radius 3 is 2.45 bits per heavy atom. The van der Waals surface area contributed by atoms with Crippen LogP contribution in [0.2, 0.25) is 0 Å². The molecule has 0 aliphatic heterocycles. The molecule has 0 saturated heterocycles. The molecule has 120 valence electrons. The molecule has 1 N–H and O–H groups in total. The summed E-state index contributed by atoms with van der Waals surface area (Å²) in [7, 11) is -3.51. The van der Waals surface area contributed by atoms with Gasteiger partial charge in [0, 0.05) is 12.2 Å². The number of hydrogen-bond donors (Lipinski definition) is 1. The van der Waals surface area contributed by atoms with Crippen LogP contribution in [0.25, 0.3) is 0 Å². The standard InChI is InChI=1S/C15H21N3O3S/c1-4-21-14-5-7-15(8-6-14)22(19,20)16-9-10-18-13(3)11-12(2)17-18/h5-8,11,16H,4,9-10H2,1-3H3. The molecule has 0 bridgehead atoms. The highest BCUT2D eigenvalue weighted by molar-refractivity contribution is 7.89. The molecule has 22 heavy (non-hydrogen) atoms. The average Bonchev–Trinajstić information content (AvgIpc) is 2.78. The van der Waals surface area contributed by atoms with E-state index in [0.717, 1.165) is 11.4 Å². The Morgan fingerprint density at radius 1 is 1.23 bits per heavy atom. The van der Waals surface area contributed by atoms with Gasteiger partial charge in [-0.3, -0.25) is 4.68 Å². The molecule has 0 aliphatic rings. The molecule has 1 aromatic carbocycles. The van der Waals surface area contributed by atoms with Crippen LogP contribution in [0.3, 0.4) is 0 Å². The van der Waals surface area contributed by atoms with E-state index in [1.165, 1.54) is 12.1 Å². The fourth-order valence-corrected chi connectivity index (χ4v) is 3.17. The molecular formula is C15H21N3O3S. The van der Waals surface area contributed by atoms with Crippen molar-refractivity contribution in [3.8, 4) is 5.75 Å². The third-order valence-electron chi connectivity index (χ3n) is 3.16. The zero-order valence-electron chi connectivity index (χ0n) is 13.0. The zero-order valence-corrected chi connectivity index (χ0v) is 13.9. The van der Waals surface area contributed by atoms with Gasteiger partial charge in [0.15, 0.2) is 0 Å². The lowest BCUT2D eigenvalue weighted by Crippen LogP contribution is -2.28. The minimum Gasteiger partial charge on any atom is -0.494 e. The van der Waals surface area contributed by atoms with Crippen molar-refractivity contribution in [2.75, 3.05) is 13.2 Å². The van der Waals surface area contributed by atoms with Crippen molar-refractivity contribution in [2.24, 2.45) is 0 Å². The van der Waals surface area contributed by atoms with Crippen LogP contribution in [-0.2, 0) is 16.6 Å². The van der Waals surface area contributed by atoms with Gasteiger partial charge in [-0.15, -0.1) is 0 Å². The first-order valence-electron chi connectivity index (χ1n) is 7.16. The number of rotatable bonds is 7. The Kier molecular flexibility index (Phi) is 5.20. The summed E-state index contributed by atoms with van der Waals surface area (Å²) in [5.41, 5.74) is 1.93. The predicted molar refractivity (Wildman–Crippen MR) is 84.5 cm³/mol. The van der Waals surface area contributed by atoms with Crippen molar-refractivity contribution >= 4 is 10.0 Å². The maximum Gasteiger partial charge on any atom is 0.240 e. The van der Waals surface area contributed by atoms with Crippen molar-refractivity contribution in [1.82, 2.24) is 14.5 Å². The second-order valence-corrected chi connectivity index (χ2v) is 6.72. The Morgan fingerprint density at radius 2 is 1.91 bits per heavy atom. The Hall–Kier alpha value is -1.86. The molecular weight excluding hydrogens is 302 g/mol. The monoisotopic (exact) mass is 323 g/mol. The molecule has 0 unspecified atom stereocenters. The molecule has 7 heteroatoms. The van der Waals surface area contributed by atoms with E-state index in [1.807, 2.05) is 26.8 Å². The van der Waals surface area contributed by atoms with E-state index in [-0.39, 0.29) is 11.4 Å². The Bertz CT molecular complexity index is 721. The van der Waals surface area contributed by atoms with E-state index in [9.17, 15) is 8.42 Å². The molecule has 0 atom stereocenters. The van der Waals surface area contributed by atoms with Crippen LogP contribution in [0, 0.1) is 13.8 Å². The molecule has 0 aliphatic carbocycles. The van der Waals surface area contributed by atoms with Gasteiger partial charge in [0.25, 0.3) is 0 Å². The van der Waals surface area contributed by atoms with E-state index in [4.69, 9.17) is 4.74 Å². The van der Waals surface area contributed by atoms with Crippen LogP contribution in [-0.4, -0.2) is 31.3 Å². The Labute approximate surface area is 131 Å². The van der Waals surface area contributed by atoms with E-state index >= 15 is 0 Å². The number of benzene rings is 1. The predicted octanol–water partition coefficient (Wildman–Crippen LogP) is 1.88. The van der Waals surface area contributed by atoms with Crippen LogP contribution in [0.5, 0.6) is 5.75 Å². The van der Waals surface area contributed by atoms with Gasteiger partial charge in [-0.1, -0.05) is 0 Å². The number of aryl methyl sites for hydroxylation is 2. The molecule has 2 aromatic rings. The summed E-state index contributed by atoms with van der Waals surface area (Å²) < 4.78 is 34.1. The summed E-state index contributed by atoms with van der Waals surface area (Å²) in [5.74, 6) is 0.657. The number of hydrogen-bond acceptors (Lipinski definition) is 4. The molecule has 2 rings (SSSR count). The van der Waals surface area contributed by atoms with Crippen molar-refractivity contribution < 1.29 is 13.2 Å². The largest absolute Gasteiger partial charge is 0.494 e. The maximum absolute atomic E-state index is 12.2. The summed E-state index contributed by atoms with van der Waals surface area (Å²) in [5, 5.41) is 4.30. The fraction of sp³-hybridized carbons (Fsp3) is 0.400. The molecule has 0 spiro atoms. The molecule has 0 radical (unpaired) electrons. The van der Waals surface area contributed by atoms with E-state index in [2.05, 4.69) is 9.82 Å². The minimum atomic E-state index is -3.51. The highest BCUT2D eigenvalue weighted by atomic mass is 32.2. The van der Waals surface area contributed by atoms with E-state index < -0.39 is 10.0 Å². The first kappa shape index (κ1) is 16.5. The number of nitrogens with one attached hydrogen (secondary N) is 1. The molecule has 1 aromatic heterocycles. The first-order valence-corrected chi connectivity index (χ1v) is 8.64. The number of nitrogens with zero attached hydrogens (tertiary/aromatic N) is 2. The number of sulfonamides is 1. The third kappa shape index (κ3) is 4.08. The van der Waals surface area contributed by atoms with Gasteiger partial charge in [0.2, 0.25) is 10.0 Å². The first-order chi connectivity index (χ1) is 10.4.